The summed E-state index contributed by atoms with van der Waals surface area (Å²) in [6, 6.07) is 16.2. The van der Waals surface area contributed by atoms with Gasteiger partial charge in [-0.05, 0) is 24.3 Å². The van der Waals surface area contributed by atoms with E-state index in [2.05, 4.69) is 15.4 Å². The lowest BCUT2D eigenvalue weighted by molar-refractivity contribution is -0.135. The minimum absolute atomic E-state index is 0.116. The van der Waals surface area contributed by atoms with E-state index in [0.717, 1.165) is 5.56 Å². The molecule has 0 bridgehead atoms. The third-order valence-electron chi connectivity index (χ3n) is 3.31. The lowest BCUT2D eigenvalue weighted by atomic mass is 10.2. The van der Waals surface area contributed by atoms with E-state index in [1.165, 1.54) is 4.68 Å². The Bertz CT molecular complexity index is 907. The number of hydrogen-bond donors (Lipinski definition) is 2. The molecular weight excluding hydrogens is 344 g/mol. The maximum atomic E-state index is 12.1. The fraction of sp³-hybridized carbons (Fsp3) is 0.0588. The van der Waals surface area contributed by atoms with E-state index in [0.29, 0.717) is 16.5 Å². The second-order valence-electron chi connectivity index (χ2n) is 5.09. The van der Waals surface area contributed by atoms with Crippen LogP contribution in [0.1, 0.15) is 10.6 Å². The number of carboxylic acids is 1. The molecule has 0 atom stereocenters. The van der Waals surface area contributed by atoms with Crippen molar-refractivity contribution in [1.29, 1.82) is 0 Å². The molecule has 126 valence electrons. The summed E-state index contributed by atoms with van der Waals surface area (Å²) in [7, 11) is 0. The third-order valence-corrected chi connectivity index (χ3v) is 3.57. The fourth-order valence-electron chi connectivity index (χ4n) is 2.18. The quantitative estimate of drug-likeness (QED) is 0.731. The van der Waals surface area contributed by atoms with E-state index in [4.69, 9.17) is 16.7 Å². The van der Waals surface area contributed by atoms with Crippen LogP contribution >= 0.6 is 11.6 Å². The summed E-state index contributed by atoms with van der Waals surface area (Å²) in [5.74, 6) is -1.46. The number of nitrogens with one attached hydrogen (secondary N) is 1. The van der Waals surface area contributed by atoms with Gasteiger partial charge in [0.2, 0.25) is 5.82 Å². The van der Waals surface area contributed by atoms with Gasteiger partial charge in [-0.15, -0.1) is 5.10 Å². The molecule has 2 aromatic carbocycles. The molecule has 1 heterocycles. The number of carbonyl (C=O) groups is 2. The molecule has 0 spiro atoms. The molecule has 0 aliphatic carbocycles. The molecule has 0 aliphatic rings. The van der Waals surface area contributed by atoms with E-state index in [1.54, 1.807) is 24.3 Å². The van der Waals surface area contributed by atoms with E-state index in [9.17, 15) is 9.59 Å². The van der Waals surface area contributed by atoms with Crippen molar-refractivity contribution in [2.45, 2.75) is 0 Å². The number of hydrogen-bond acceptors (Lipinski definition) is 4. The van der Waals surface area contributed by atoms with Crippen molar-refractivity contribution >= 4 is 23.5 Å². The third kappa shape index (κ3) is 3.84. The molecule has 3 aromatic rings. The van der Waals surface area contributed by atoms with Crippen LogP contribution in [-0.4, -0.2) is 38.3 Å². The molecule has 2 N–H and O–H groups in total. The first kappa shape index (κ1) is 16.7. The lowest BCUT2D eigenvalue weighted by Gasteiger charge is -2.05. The number of carboxylic acid groups (broad SMARTS) is 1. The molecule has 0 saturated heterocycles. The highest BCUT2D eigenvalue weighted by molar-refractivity contribution is 6.30. The van der Waals surface area contributed by atoms with Gasteiger partial charge in [0, 0.05) is 10.6 Å². The first-order valence-electron chi connectivity index (χ1n) is 7.33. The maximum Gasteiger partial charge on any atom is 0.322 e. The number of carbonyl (C=O) groups excluding carboxylic acids is 1. The summed E-state index contributed by atoms with van der Waals surface area (Å²) in [4.78, 5) is 27.0. The number of nitrogens with zero attached hydrogens (tertiary/aromatic N) is 3. The molecule has 0 radical (unpaired) electrons. The Balaban J connectivity index is 2.04. The number of aromatic nitrogens is 3. The fourth-order valence-corrected chi connectivity index (χ4v) is 2.31. The van der Waals surface area contributed by atoms with Gasteiger partial charge in [-0.1, -0.05) is 41.9 Å². The van der Waals surface area contributed by atoms with Gasteiger partial charge in [-0.2, -0.15) is 0 Å². The van der Waals surface area contributed by atoms with Crippen molar-refractivity contribution in [1.82, 2.24) is 20.1 Å². The van der Waals surface area contributed by atoms with Crippen molar-refractivity contribution in [3.05, 3.63) is 65.4 Å². The van der Waals surface area contributed by atoms with Gasteiger partial charge in [0.15, 0.2) is 5.82 Å². The molecule has 25 heavy (non-hydrogen) atoms. The SMILES string of the molecule is O=C(O)CNC(=O)c1nc(-c2ccccc2)n(-c2ccc(Cl)cc2)n1. The summed E-state index contributed by atoms with van der Waals surface area (Å²) >= 11 is 5.92. The van der Waals surface area contributed by atoms with E-state index in [1.807, 2.05) is 30.3 Å². The number of halogens is 1. The average Bonchev–Trinajstić information content (AvgIpc) is 3.06. The van der Waals surface area contributed by atoms with Crippen LogP contribution in [0.25, 0.3) is 17.1 Å². The highest BCUT2D eigenvalue weighted by atomic mass is 35.5. The van der Waals surface area contributed by atoms with Crippen LogP contribution in [0.5, 0.6) is 0 Å². The van der Waals surface area contributed by atoms with Crippen molar-refractivity contribution < 1.29 is 14.7 Å². The zero-order valence-corrected chi connectivity index (χ0v) is 13.6. The van der Waals surface area contributed by atoms with Gasteiger partial charge in [-0.3, -0.25) is 9.59 Å². The molecule has 7 nitrogen and oxygen atoms in total. The smallest absolute Gasteiger partial charge is 0.322 e. The molecule has 3 rings (SSSR count). The summed E-state index contributed by atoms with van der Waals surface area (Å²) in [5, 5.41) is 15.7. The zero-order valence-electron chi connectivity index (χ0n) is 12.9. The predicted molar refractivity (Wildman–Crippen MR) is 91.8 cm³/mol. The number of amides is 1. The summed E-state index contributed by atoms with van der Waals surface area (Å²) in [6.07, 6.45) is 0. The Hall–Kier alpha value is -3.19. The average molecular weight is 357 g/mol. The summed E-state index contributed by atoms with van der Waals surface area (Å²) < 4.78 is 1.52. The van der Waals surface area contributed by atoms with E-state index >= 15 is 0 Å². The standard InChI is InChI=1S/C17H13ClN4O3/c18-12-6-8-13(9-7-12)22-16(11-4-2-1-3-5-11)20-15(21-22)17(25)19-10-14(23)24/h1-9H,10H2,(H,19,25)(H,23,24). The Morgan fingerprint density at radius 3 is 2.40 bits per heavy atom. The van der Waals surface area contributed by atoms with Gasteiger partial charge in [0.25, 0.3) is 5.91 Å². The van der Waals surface area contributed by atoms with Crippen LogP contribution in [-0.2, 0) is 4.79 Å². The molecule has 0 saturated carbocycles. The zero-order chi connectivity index (χ0) is 17.8. The van der Waals surface area contributed by atoms with Crippen molar-refractivity contribution in [2.24, 2.45) is 0 Å². The van der Waals surface area contributed by atoms with Gasteiger partial charge in [0.05, 0.1) is 5.69 Å². The molecule has 1 aromatic heterocycles. The first-order chi connectivity index (χ1) is 12.0. The Labute approximate surface area is 147 Å². The topological polar surface area (TPSA) is 97.1 Å². The second kappa shape index (κ2) is 7.14. The van der Waals surface area contributed by atoms with Crippen LogP contribution < -0.4 is 5.32 Å². The largest absolute Gasteiger partial charge is 0.480 e. The van der Waals surface area contributed by atoms with Gasteiger partial charge in [0.1, 0.15) is 6.54 Å². The van der Waals surface area contributed by atoms with Gasteiger partial charge >= 0.3 is 5.97 Å². The van der Waals surface area contributed by atoms with Crippen LogP contribution in [0, 0.1) is 0 Å². The van der Waals surface area contributed by atoms with Crippen LogP contribution in [0.15, 0.2) is 54.6 Å². The molecule has 0 fully saturated rings. The lowest BCUT2D eigenvalue weighted by Crippen LogP contribution is -2.30. The van der Waals surface area contributed by atoms with Crippen molar-refractivity contribution in [3.8, 4) is 17.1 Å². The van der Waals surface area contributed by atoms with Crippen molar-refractivity contribution in [2.75, 3.05) is 6.54 Å². The Morgan fingerprint density at radius 1 is 1.08 bits per heavy atom. The minimum atomic E-state index is -1.14. The van der Waals surface area contributed by atoms with E-state index in [-0.39, 0.29) is 5.82 Å². The first-order valence-corrected chi connectivity index (χ1v) is 7.71. The number of rotatable bonds is 5. The van der Waals surface area contributed by atoms with Gasteiger partial charge in [-0.25, -0.2) is 9.67 Å². The highest BCUT2D eigenvalue weighted by Crippen LogP contribution is 2.22. The van der Waals surface area contributed by atoms with Crippen molar-refractivity contribution in [3.63, 3.8) is 0 Å². The summed E-state index contributed by atoms with van der Waals surface area (Å²) in [6.45, 7) is -0.505. The normalized spacial score (nSPS) is 10.4. The number of aliphatic carboxylic acids is 1. The molecule has 8 heteroatoms. The number of benzene rings is 2. The monoisotopic (exact) mass is 356 g/mol. The molecule has 0 unspecified atom stereocenters. The molecular formula is C17H13ClN4O3. The van der Waals surface area contributed by atoms with Crippen LogP contribution in [0.4, 0.5) is 0 Å². The molecule has 0 aliphatic heterocycles. The maximum absolute atomic E-state index is 12.1. The van der Waals surface area contributed by atoms with Crippen LogP contribution in [0.3, 0.4) is 0 Å². The van der Waals surface area contributed by atoms with E-state index < -0.39 is 18.4 Å². The minimum Gasteiger partial charge on any atom is -0.480 e. The predicted octanol–water partition coefficient (Wildman–Crippen LogP) is 2.40. The van der Waals surface area contributed by atoms with Gasteiger partial charge < -0.3 is 10.4 Å². The Morgan fingerprint density at radius 2 is 1.76 bits per heavy atom. The Kier molecular flexibility index (Phi) is 4.76. The van der Waals surface area contributed by atoms with Crippen LogP contribution in [0.2, 0.25) is 5.02 Å². The molecule has 1 amide bonds. The second-order valence-corrected chi connectivity index (χ2v) is 5.53. The summed E-state index contributed by atoms with van der Waals surface area (Å²) in [5.41, 5.74) is 1.44. The highest BCUT2D eigenvalue weighted by Gasteiger charge is 2.19.